The SMILES string of the molecule is CCCc1cccc(NCc2nc3c(F)c(F)ccc3s2)c1. The molecule has 0 fully saturated rings. The van der Waals surface area contributed by atoms with Crippen LogP contribution in [0, 0.1) is 11.6 Å². The summed E-state index contributed by atoms with van der Waals surface area (Å²) in [6.07, 6.45) is 2.15. The Bertz CT molecular complexity index is 798. The Morgan fingerprint density at radius 2 is 2.05 bits per heavy atom. The first-order valence-electron chi connectivity index (χ1n) is 7.23. The van der Waals surface area contributed by atoms with E-state index in [1.54, 1.807) is 6.07 Å². The summed E-state index contributed by atoms with van der Waals surface area (Å²) in [6.45, 7) is 2.64. The normalized spacial score (nSPS) is 11.0. The van der Waals surface area contributed by atoms with Gasteiger partial charge in [-0.25, -0.2) is 13.8 Å². The summed E-state index contributed by atoms with van der Waals surface area (Å²) >= 11 is 1.37. The van der Waals surface area contributed by atoms with E-state index in [0.717, 1.165) is 29.6 Å². The predicted molar refractivity (Wildman–Crippen MR) is 87.3 cm³/mol. The van der Waals surface area contributed by atoms with Crippen LogP contribution in [0.4, 0.5) is 14.5 Å². The van der Waals surface area contributed by atoms with Crippen molar-refractivity contribution in [1.82, 2.24) is 4.98 Å². The van der Waals surface area contributed by atoms with Crippen LogP contribution in [0.1, 0.15) is 23.9 Å². The van der Waals surface area contributed by atoms with E-state index in [4.69, 9.17) is 0 Å². The number of aryl methyl sites for hydroxylation is 1. The average Bonchev–Trinajstić information content (AvgIpc) is 2.94. The molecule has 0 atom stereocenters. The molecule has 0 unspecified atom stereocenters. The first-order chi connectivity index (χ1) is 10.7. The lowest BCUT2D eigenvalue weighted by molar-refractivity contribution is 0.515. The number of rotatable bonds is 5. The van der Waals surface area contributed by atoms with Gasteiger partial charge in [0.15, 0.2) is 11.6 Å². The molecule has 0 amide bonds. The van der Waals surface area contributed by atoms with Crippen molar-refractivity contribution < 1.29 is 8.78 Å². The number of benzene rings is 2. The van der Waals surface area contributed by atoms with Crippen LogP contribution in [0.3, 0.4) is 0 Å². The summed E-state index contributed by atoms with van der Waals surface area (Å²) in [5.74, 6) is -1.73. The molecule has 0 spiro atoms. The minimum absolute atomic E-state index is 0.113. The van der Waals surface area contributed by atoms with E-state index in [-0.39, 0.29) is 5.52 Å². The maximum atomic E-state index is 13.7. The van der Waals surface area contributed by atoms with Crippen molar-refractivity contribution in [3.05, 3.63) is 58.6 Å². The van der Waals surface area contributed by atoms with Crippen molar-refractivity contribution >= 4 is 27.2 Å². The van der Waals surface area contributed by atoms with Crippen molar-refractivity contribution in [2.75, 3.05) is 5.32 Å². The first-order valence-corrected chi connectivity index (χ1v) is 8.05. The van der Waals surface area contributed by atoms with Crippen LogP contribution in [0.25, 0.3) is 10.2 Å². The quantitative estimate of drug-likeness (QED) is 0.704. The van der Waals surface area contributed by atoms with E-state index in [1.807, 2.05) is 12.1 Å². The Morgan fingerprint density at radius 3 is 2.86 bits per heavy atom. The van der Waals surface area contributed by atoms with Gasteiger partial charge in [0.1, 0.15) is 10.5 Å². The van der Waals surface area contributed by atoms with Crippen molar-refractivity contribution in [3.8, 4) is 0 Å². The van der Waals surface area contributed by atoms with Gasteiger partial charge >= 0.3 is 0 Å². The molecule has 5 heteroatoms. The van der Waals surface area contributed by atoms with Gasteiger partial charge in [-0.1, -0.05) is 25.5 Å². The Balaban J connectivity index is 1.76. The average molecular weight is 318 g/mol. The molecule has 1 aromatic heterocycles. The monoisotopic (exact) mass is 318 g/mol. The third-order valence-corrected chi connectivity index (χ3v) is 4.43. The number of aromatic nitrogens is 1. The number of nitrogens with zero attached hydrogens (tertiary/aromatic N) is 1. The smallest absolute Gasteiger partial charge is 0.185 e. The van der Waals surface area contributed by atoms with Crippen LogP contribution in [0.2, 0.25) is 0 Å². The zero-order valence-corrected chi connectivity index (χ0v) is 13.0. The fraction of sp³-hybridized carbons (Fsp3) is 0.235. The highest BCUT2D eigenvalue weighted by Crippen LogP contribution is 2.26. The van der Waals surface area contributed by atoms with Crippen LogP contribution < -0.4 is 5.32 Å². The second-order valence-electron chi connectivity index (χ2n) is 5.12. The number of fused-ring (bicyclic) bond motifs is 1. The molecular weight excluding hydrogens is 302 g/mol. The Hall–Kier alpha value is -2.01. The van der Waals surface area contributed by atoms with E-state index in [0.29, 0.717) is 11.2 Å². The van der Waals surface area contributed by atoms with Gasteiger partial charge in [-0.3, -0.25) is 0 Å². The number of thiazole rings is 1. The van der Waals surface area contributed by atoms with E-state index in [2.05, 4.69) is 29.4 Å². The summed E-state index contributed by atoms with van der Waals surface area (Å²) in [7, 11) is 0. The molecule has 1 N–H and O–H groups in total. The maximum absolute atomic E-state index is 13.7. The van der Waals surface area contributed by atoms with Crippen LogP contribution in [0.5, 0.6) is 0 Å². The lowest BCUT2D eigenvalue weighted by atomic mass is 10.1. The van der Waals surface area contributed by atoms with Crippen LogP contribution in [-0.4, -0.2) is 4.98 Å². The Kier molecular flexibility index (Phi) is 4.34. The van der Waals surface area contributed by atoms with Crippen molar-refractivity contribution in [1.29, 1.82) is 0 Å². The largest absolute Gasteiger partial charge is 0.379 e. The van der Waals surface area contributed by atoms with E-state index in [1.165, 1.54) is 16.9 Å². The standard InChI is InChI=1S/C17H16F2N2S/c1-2-4-11-5-3-6-12(9-11)20-10-15-21-17-14(22-15)8-7-13(18)16(17)19/h3,5-9,20H,2,4,10H2,1H3. The second-order valence-corrected chi connectivity index (χ2v) is 6.23. The molecule has 3 rings (SSSR count). The third-order valence-electron chi connectivity index (χ3n) is 3.41. The fourth-order valence-electron chi connectivity index (χ4n) is 2.36. The molecule has 2 aromatic carbocycles. The molecule has 0 aliphatic heterocycles. The summed E-state index contributed by atoms with van der Waals surface area (Å²) in [4.78, 5) is 4.19. The van der Waals surface area contributed by atoms with Gasteiger partial charge in [0.05, 0.1) is 11.2 Å². The molecule has 0 aliphatic carbocycles. The summed E-state index contributed by atoms with van der Waals surface area (Å²) < 4.78 is 27.5. The number of anilines is 1. The van der Waals surface area contributed by atoms with E-state index < -0.39 is 11.6 Å². The number of hydrogen-bond donors (Lipinski definition) is 1. The molecule has 0 bridgehead atoms. The van der Waals surface area contributed by atoms with Gasteiger partial charge in [0.2, 0.25) is 0 Å². The number of halogens is 2. The van der Waals surface area contributed by atoms with E-state index >= 15 is 0 Å². The van der Waals surface area contributed by atoms with E-state index in [9.17, 15) is 8.78 Å². The van der Waals surface area contributed by atoms with Crippen LogP contribution in [0.15, 0.2) is 36.4 Å². The second kappa shape index (κ2) is 6.40. The van der Waals surface area contributed by atoms with Gasteiger partial charge in [-0.05, 0) is 36.2 Å². The zero-order chi connectivity index (χ0) is 15.5. The molecule has 114 valence electrons. The van der Waals surface area contributed by atoms with Gasteiger partial charge in [0, 0.05) is 5.69 Å². The molecular formula is C17H16F2N2S. The Morgan fingerprint density at radius 1 is 1.18 bits per heavy atom. The molecule has 2 nitrogen and oxygen atoms in total. The number of nitrogens with one attached hydrogen (secondary N) is 1. The Labute approximate surface area is 131 Å². The highest BCUT2D eigenvalue weighted by Gasteiger charge is 2.12. The van der Waals surface area contributed by atoms with Crippen LogP contribution >= 0.6 is 11.3 Å². The van der Waals surface area contributed by atoms with Crippen molar-refractivity contribution in [2.24, 2.45) is 0 Å². The summed E-state index contributed by atoms with van der Waals surface area (Å²) in [5, 5.41) is 4.02. The molecule has 0 saturated heterocycles. The van der Waals surface area contributed by atoms with Gasteiger partial charge < -0.3 is 5.32 Å². The highest BCUT2D eigenvalue weighted by atomic mass is 32.1. The van der Waals surface area contributed by atoms with Gasteiger partial charge in [-0.15, -0.1) is 11.3 Å². The van der Waals surface area contributed by atoms with Crippen molar-refractivity contribution in [2.45, 2.75) is 26.3 Å². The minimum atomic E-state index is -0.870. The topological polar surface area (TPSA) is 24.9 Å². The predicted octanol–water partition coefficient (Wildman–Crippen LogP) is 5.14. The van der Waals surface area contributed by atoms with Gasteiger partial charge in [-0.2, -0.15) is 0 Å². The molecule has 0 saturated carbocycles. The molecule has 3 aromatic rings. The lowest BCUT2D eigenvalue weighted by Crippen LogP contribution is -1.99. The lowest BCUT2D eigenvalue weighted by Gasteiger charge is -2.06. The number of hydrogen-bond acceptors (Lipinski definition) is 3. The molecule has 22 heavy (non-hydrogen) atoms. The maximum Gasteiger partial charge on any atom is 0.185 e. The van der Waals surface area contributed by atoms with Crippen molar-refractivity contribution in [3.63, 3.8) is 0 Å². The first kappa shape index (κ1) is 14.9. The minimum Gasteiger partial charge on any atom is -0.379 e. The molecule has 0 radical (unpaired) electrons. The zero-order valence-electron chi connectivity index (χ0n) is 12.2. The van der Waals surface area contributed by atoms with Gasteiger partial charge in [0.25, 0.3) is 0 Å². The fourth-order valence-corrected chi connectivity index (χ4v) is 3.27. The summed E-state index contributed by atoms with van der Waals surface area (Å²) in [5.41, 5.74) is 2.41. The van der Waals surface area contributed by atoms with Crippen LogP contribution in [-0.2, 0) is 13.0 Å². The molecule has 0 aliphatic rings. The molecule has 1 heterocycles. The highest BCUT2D eigenvalue weighted by molar-refractivity contribution is 7.18. The summed E-state index contributed by atoms with van der Waals surface area (Å²) in [6, 6.07) is 10.9. The third kappa shape index (κ3) is 3.09.